The van der Waals surface area contributed by atoms with E-state index in [1.165, 1.54) is 0 Å². The molecular weight excluding hydrogens is 330 g/mol. The highest BCUT2D eigenvalue weighted by Gasteiger charge is 2.36. The highest BCUT2D eigenvalue weighted by Crippen LogP contribution is 2.31. The minimum absolute atomic E-state index is 0.0184. The number of para-hydroxylation sites is 1. The highest BCUT2D eigenvalue weighted by atomic mass is 35.5. The van der Waals surface area contributed by atoms with Gasteiger partial charge in [0.25, 0.3) is 5.91 Å². The van der Waals surface area contributed by atoms with Crippen LogP contribution in [0.2, 0.25) is 5.02 Å². The van der Waals surface area contributed by atoms with E-state index in [1.54, 1.807) is 9.47 Å². The van der Waals surface area contributed by atoms with E-state index < -0.39 is 6.09 Å². The van der Waals surface area contributed by atoms with Crippen molar-refractivity contribution in [3.05, 3.63) is 35.0 Å². The first kappa shape index (κ1) is 16.6. The van der Waals surface area contributed by atoms with E-state index in [0.717, 1.165) is 10.9 Å². The fourth-order valence-corrected chi connectivity index (χ4v) is 3.20. The summed E-state index contributed by atoms with van der Waals surface area (Å²) in [5, 5.41) is 3.98. The number of hydrogen-bond acceptors (Lipinski definition) is 3. The number of hydrogen-bond donors (Lipinski definition) is 1. The molecular formula is C17H20ClN3O3. The molecule has 1 N–H and O–H groups in total. The Morgan fingerprint density at radius 1 is 1.29 bits per heavy atom. The molecule has 6 nitrogen and oxygen atoms in total. The second-order valence-electron chi connectivity index (χ2n) is 6.28. The van der Waals surface area contributed by atoms with Crippen molar-refractivity contribution in [3.8, 4) is 0 Å². The van der Waals surface area contributed by atoms with Gasteiger partial charge in [0.2, 0.25) is 0 Å². The van der Waals surface area contributed by atoms with E-state index >= 15 is 0 Å². The smallest absolute Gasteiger partial charge is 0.407 e. The van der Waals surface area contributed by atoms with Crippen LogP contribution in [0.5, 0.6) is 0 Å². The van der Waals surface area contributed by atoms with Crippen molar-refractivity contribution in [2.45, 2.75) is 26.0 Å². The van der Waals surface area contributed by atoms with Crippen molar-refractivity contribution in [1.82, 2.24) is 14.8 Å². The summed E-state index contributed by atoms with van der Waals surface area (Å²) in [4.78, 5) is 25.9. The summed E-state index contributed by atoms with van der Waals surface area (Å²) in [5.74, 6) is -0.150. The number of carbonyl (C=O) groups excluding carboxylic acids is 2. The van der Waals surface area contributed by atoms with Crippen LogP contribution >= 0.6 is 11.6 Å². The van der Waals surface area contributed by atoms with Crippen LogP contribution in [0.1, 0.15) is 24.3 Å². The molecule has 3 rings (SSSR count). The number of halogens is 1. The Hall–Kier alpha value is -2.21. The molecule has 1 fully saturated rings. The summed E-state index contributed by atoms with van der Waals surface area (Å²) < 4.78 is 7.05. The lowest BCUT2D eigenvalue weighted by molar-refractivity contribution is -0.00745. The minimum Gasteiger partial charge on any atom is -0.442 e. The summed E-state index contributed by atoms with van der Waals surface area (Å²) >= 11 is 6.40. The average Bonchev–Trinajstić information content (AvgIpc) is 2.73. The van der Waals surface area contributed by atoms with Gasteiger partial charge in [-0.25, -0.2) is 4.79 Å². The Morgan fingerprint density at radius 3 is 2.58 bits per heavy atom. The number of aromatic nitrogens is 1. The molecule has 0 unspecified atom stereocenters. The first-order chi connectivity index (χ1) is 11.4. The normalized spacial score (nSPS) is 14.8. The van der Waals surface area contributed by atoms with Crippen LogP contribution in [0.3, 0.4) is 0 Å². The Labute approximate surface area is 145 Å². The average molecular weight is 350 g/mol. The Bertz CT molecular complexity index is 755. The van der Waals surface area contributed by atoms with E-state index in [0.29, 0.717) is 23.8 Å². The quantitative estimate of drug-likeness (QED) is 0.926. The molecule has 7 heteroatoms. The maximum atomic E-state index is 12.7. The molecule has 24 heavy (non-hydrogen) atoms. The van der Waals surface area contributed by atoms with E-state index in [2.05, 4.69) is 5.32 Å². The lowest BCUT2D eigenvalue weighted by Gasteiger charge is -2.38. The van der Waals surface area contributed by atoms with Crippen LogP contribution in [-0.2, 0) is 11.8 Å². The number of nitrogens with one attached hydrogen (secondary N) is 1. The molecule has 1 saturated heterocycles. The molecule has 0 spiro atoms. The second kappa shape index (κ2) is 6.36. The van der Waals surface area contributed by atoms with Gasteiger partial charge in [-0.1, -0.05) is 29.8 Å². The third-order valence-corrected chi connectivity index (χ3v) is 4.45. The van der Waals surface area contributed by atoms with Crippen LogP contribution in [0, 0.1) is 0 Å². The Kier molecular flexibility index (Phi) is 4.41. The molecule has 1 aromatic carbocycles. The maximum Gasteiger partial charge on any atom is 0.407 e. The monoisotopic (exact) mass is 349 g/mol. The summed E-state index contributed by atoms with van der Waals surface area (Å²) in [6, 6.07) is 7.64. The van der Waals surface area contributed by atoms with E-state index in [9.17, 15) is 9.59 Å². The third-order valence-electron chi connectivity index (χ3n) is 4.06. The molecule has 128 valence electrons. The van der Waals surface area contributed by atoms with Gasteiger partial charge in [0, 0.05) is 24.0 Å². The van der Waals surface area contributed by atoms with Crippen LogP contribution < -0.4 is 5.32 Å². The predicted octanol–water partition coefficient (Wildman–Crippen LogP) is 2.79. The summed E-state index contributed by atoms with van der Waals surface area (Å²) in [6.07, 6.45) is -0.731. The first-order valence-electron chi connectivity index (χ1n) is 7.87. The number of alkyl carbamates (subject to hydrolysis) is 1. The molecule has 2 amide bonds. The van der Waals surface area contributed by atoms with E-state index in [1.807, 2.05) is 45.2 Å². The number of carbonyl (C=O) groups is 2. The number of benzene rings is 1. The second-order valence-corrected chi connectivity index (χ2v) is 6.65. The highest BCUT2D eigenvalue weighted by molar-refractivity contribution is 6.38. The Morgan fingerprint density at radius 2 is 1.96 bits per heavy atom. The van der Waals surface area contributed by atoms with Gasteiger partial charge in [0.15, 0.2) is 0 Å². The molecule has 0 saturated carbocycles. The van der Waals surface area contributed by atoms with Crippen molar-refractivity contribution in [2.75, 3.05) is 13.1 Å². The molecule has 0 radical (unpaired) electrons. The van der Waals surface area contributed by atoms with Crippen LogP contribution in [0.25, 0.3) is 10.9 Å². The van der Waals surface area contributed by atoms with Gasteiger partial charge < -0.3 is 19.5 Å². The van der Waals surface area contributed by atoms with Gasteiger partial charge in [0.05, 0.1) is 18.1 Å². The summed E-state index contributed by atoms with van der Waals surface area (Å²) in [6.45, 7) is 4.48. The number of likely N-dealkylation sites (tertiary alicyclic amines) is 1. The van der Waals surface area contributed by atoms with Crippen molar-refractivity contribution in [3.63, 3.8) is 0 Å². The molecule has 2 aromatic rings. The fraction of sp³-hybridized carbons (Fsp3) is 0.412. The standard InChI is InChI=1S/C17H20ClN3O3/c1-10(2)19-17(23)24-11-8-21(9-11)16(22)15-14(18)12-6-4-5-7-13(12)20(15)3/h4-7,10-11H,8-9H2,1-3H3,(H,19,23). The van der Waals surface area contributed by atoms with Gasteiger partial charge in [-0.15, -0.1) is 0 Å². The molecule has 2 heterocycles. The number of nitrogens with zero attached hydrogens (tertiary/aromatic N) is 2. The summed E-state index contributed by atoms with van der Waals surface area (Å²) in [7, 11) is 1.82. The van der Waals surface area contributed by atoms with Crippen molar-refractivity contribution < 1.29 is 14.3 Å². The molecule has 0 atom stereocenters. The lowest BCUT2D eigenvalue weighted by Crippen LogP contribution is -2.56. The van der Waals surface area contributed by atoms with Gasteiger partial charge in [0.1, 0.15) is 11.8 Å². The zero-order valence-corrected chi connectivity index (χ0v) is 14.6. The zero-order chi connectivity index (χ0) is 17.4. The molecule has 1 aromatic heterocycles. The third kappa shape index (κ3) is 2.94. The molecule has 0 aliphatic carbocycles. The molecule has 1 aliphatic rings. The number of fused-ring (bicyclic) bond motifs is 1. The molecule has 0 bridgehead atoms. The van der Waals surface area contributed by atoms with Crippen molar-refractivity contribution >= 4 is 34.5 Å². The minimum atomic E-state index is -0.454. The molecule has 1 aliphatic heterocycles. The van der Waals surface area contributed by atoms with Crippen LogP contribution in [0.15, 0.2) is 24.3 Å². The Balaban J connectivity index is 1.68. The van der Waals surface area contributed by atoms with Gasteiger partial charge in [-0.3, -0.25) is 4.79 Å². The predicted molar refractivity (Wildman–Crippen MR) is 92.4 cm³/mol. The van der Waals surface area contributed by atoms with Gasteiger partial charge in [-0.05, 0) is 19.9 Å². The number of aryl methyl sites for hydroxylation is 1. The van der Waals surface area contributed by atoms with Gasteiger partial charge >= 0.3 is 6.09 Å². The largest absolute Gasteiger partial charge is 0.442 e. The zero-order valence-electron chi connectivity index (χ0n) is 13.9. The maximum absolute atomic E-state index is 12.7. The lowest BCUT2D eigenvalue weighted by atomic mass is 10.1. The number of rotatable bonds is 3. The SMILES string of the molecule is CC(C)NC(=O)OC1CN(C(=O)c2c(Cl)c3ccccc3n2C)C1. The first-order valence-corrected chi connectivity index (χ1v) is 8.25. The van der Waals surface area contributed by atoms with Crippen molar-refractivity contribution in [1.29, 1.82) is 0 Å². The van der Waals surface area contributed by atoms with Crippen LogP contribution in [0.4, 0.5) is 4.79 Å². The number of amides is 2. The van der Waals surface area contributed by atoms with E-state index in [4.69, 9.17) is 16.3 Å². The van der Waals surface area contributed by atoms with Crippen molar-refractivity contribution in [2.24, 2.45) is 7.05 Å². The van der Waals surface area contributed by atoms with E-state index in [-0.39, 0.29) is 18.1 Å². The number of ether oxygens (including phenoxy) is 1. The van der Waals surface area contributed by atoms with Gasteiger partial charge in [-0.2, -0.15) is 0 Å². The summed E-state index contributed by atoms with van der Waals surface area (Å²) in [5.41, 5.74) is 1.37. The fourth-order valence-electron chi connectivity index (χ4n) is 2.83. The van der Waals surface area contributed by atoms with Crippen LogP contribution in [-0.4, -0.2) is 46.7 Å². The topological polar surface area (TPSA) is 63.6 Å².